The van der Waals surface area contributed by atoms with E-state index < -0.39 is 0 Å². The molecule has 0 unspecified atom stereocenters. The molecule has 0 saturated carbocycles. The third-order valence-corrected chi connectivity index (χ3v) is 5.56. The van der Waals surface area contributed by atoms with Crippen LogP contribution < -0.4 is 0 Å². The summed E-state index contributed by atoms with van der Waals surface area (Å²) < 4.78 is 1.79. The van der Waals surface area contributed by atoms with E-state index >= 15 is 0 Å². The summed E-state index contributed by atoms with van der Waals surface area (Å²) in [5, 5.41) is 8.33. The highest BCUT2D eigenvalue weighted by Crippen LogP contribution is 2.22. The van der Waals surface area contributed by atoms with E-state index in [1.807, 2.05) is 29.3 Å². The Labute approximate surface area is 169 Å². The first-order valence-corrected chi connectivity index (χ1v) is 10.1. The molecule has 4 rings (SSSR count). The monoisotopic (exact) mass is 395 g/mol. The lowest BCUT2D eigenvalue weighted by atomic mass is 10.0. The van der Waals surface area contributed by atoms with Gasteiger partial charge in [-0.2, -0.15) is 0 Å². The summed E-state index contributed by atoms with van der Waals surface area (Å²) in [6.07, 6.45) is 4.72. The third-order valence-electron chi connectivity index (χ3n) is 5.56. The zero-order valence-corrected chi connectivity index (χ0v) is 16.4. The lowest BCUT2D eigenvalue weighted by molar-refractivity contribution is -0.137. The van der Waals surface area contributed by atoms with E-state index in [1.165, 1.54) is 0 Å². The van der Waals surface area contributed by atoms with Gasteiger partial charge in [0.15, 0.2) is 5.78 Å². The molecule has 152 valence electrons. The van der Waals surface area contributed by atoms with Crippen LogP contribution in [0.3, 0.4) is 0 Å². The van der Waals surface area contributed by atoms with E-state index in [-0.39, 0.29) is 23.6 Å². The standard InChI is InChI=1S/C21H25N5O3/c27-19(16-6-2-1-3-7-16)8-4-9-21(29)25-14-18(15-25)26-13-17(22-23-26)12-24-11-5-10-20(24)28/h1-3,6-7,13,18H,4-5,8-12,14-15H2. The topological polar surface area (TPSA) is 88.4 Å². The molecule has 8 heteroatoms. The molecule has 2 aliphatic rings. The van der Waals surface area contributed by atoms with Gasteiger partial charge in [0.2, 0.25) is 11.8 Å². The summed E-state index contributed by atoms with van der Waals surface area (Å²) in [6, 6.07) is 9.30. The summed E-state index contributed by atoms with van der Waals surface area (Å²) in [5.41, 5.74) is 1.48. The Morgan fingerprint density at radius 2 is 1.90 bits per heavy atom. The lowest BCUT2D eigenvalue weighted by Gasteiger charge is -2.39. The molecule has 0 spiro atoms. The van der Waals surface area contributed by atoms with E-state index in [2.05, 4.69) is 10.3 Å². The van der Waals surface area contributed by atoms with E-state index in [0.717, 1.165) is 18.7 Å². The van der Waals surface area contributed by atoms with Crippen molar-refractivity contribution < 1.29 is 14.4 Å². The molecular formula is C21H25N5O3. The van der Waals surface area contributed by atoms with Gasteiger partial charge in [0.1, 0.15) is 5.69 Å². The van der Waals surface area contributed by atoms with Crippen molar-refractivity contribution in [1.82, 2.24) is 24.8 Å². The van der Waals surface area contributed by atoms with Crippen LogP contribution in [-0.4, -0.2) is 62.0 Å². The molecule has 1 aromatic carbocycles. The molecule has 0 N–H and O–H groups in total. The molecular weight excluding hydrogens is 370 g/mol. The van der Waals surface area contributed by atoms with Crippen molar-refractivity contribution in [1.29, 1.82) is 0 Å². The zero-order valence-electron chi connectivity index (χ0n) is 16.4. The number of benzene rings is 1. The third kappa shape index (κ3) is 4.52. The summed E-state index contributed by atoms with van der Waals surface area (Å²) in [5.74, 6) is 0.322. The number of rotatable bonds is 8. The van der Waals surface area contributed by atoms with Crippen LogP contribution in [0.15, 0.2) is 36.5 Å². The molecule has 8 nitrogen and oxygen atoms in total. The minimum atomic E-state index is 0.0742. The van der Waals surface area contributed by atoms with E-state index in [9.17, 15) is 14.4 Å². The van der Waals surface area contributed by atoms with Crippen LogP contribution in [-0.2, 0) is 16.1 Å². The predicted molar refractivity (Wildman–Crippen MR) is 105 cm³/mol. The average Bonchev–Trinajstić information content (AvgIpc) is 3.31. The van der Waals surface area contributed by atoms with Crippen molar-refractivity contribution in [3.05, 3.63) is 47.8 Å². The average molecular weight is 395 g/mol. The van der Waals surface area contributed by atoms with Crippen LogP contribution in [0.25, 0.3) is 0 Å². The summed E-state index contributed by atoms with van der Waals surface area (Å²) in [6.45, 7) is 2.50. The normalized spacial score (nSPS) is 16.9. The minimum Gasteiger partial charge on any atom is -0.338 e. The molecule has 2 fully saturated rings. The number of hydrogen-bond acceptors (Lipinski definition) is 5. The number of aromatic nitrogens is 3. The zero-order chi connectivity index (χ0) is 20.2. The fourth-order valence-electron chi connectivity index (χ4n) is 3.78. The van der Waals surface area contributed by atoms with Crippen LogP contribution in [0, 0.1) is 0 Å². The number of carbonyl (C=O) groups is 3. The first kappa shape index (κ1) is 19.3. The second-order valence-electron chi connectivity index (χ2n) is 7.70. The van der Waals surface area contributed by atoms with Crippen molar-refractivity contribution in [2.75, 3.05) is 19.6 Å². The molecule has 0 atom stereocenters. The molecule has 3 heterocycles. The van der Waals surface area contributed by atoms with E-state index in [1.54, 1.807) is 21.7 Å². The van der Waals surface area contributed by atoms with Crippen molar-refractivity contribution in [2.24, 2.45) is 0 Å². The minimum absolute atomic E-state index is 0.0742. The second-order valence-corrected chi connectivity index (χ2v) is 7.70. The first-order valence-electron chi connectivity index (χ1n) is 10.1. The van der Waals surface area contributed by atoms with Gasteiger partial charge in [0, 0.05) is 44.5 Å². The second kappa shape index (κ2) is 8.55. The predicted octanol–water partition coefficient (Wildman–Crippen LogP) is 1.84. The molecule has 2 amide bonds. The Hall–Kier alpha value is -3.03. The Morgan fingerprint density at radius 1 is 1.10 bits per heavy atom. The molecule has 2 saturated heterocycles. The molecule has 2 aromatic rings. The number of nitrogens with zero attached hydrogens (tertiary/aromatic N) is 5. The molecule has 0 aliphatic carbocycles. The van der Waals surface area contributed by atoms with Gasteiger partial charge in [0.25, 0.3) is 0 Å². The Balaban J connectivity index is 1.18. The molecule has 0 bridgehead atoms. The van der Waals surface area contributed by atoms with Gasteiger partial charge in [-0.25, -0.2) is 4.68 Å². The van der Waals surface area contributed by atoms with Gasteiger partial charge in [0.05, 0.1) is 18.8 Å². The maximum Gasteiger partial charge on any atom is 0.222 e. The highest BCUT2D eigenvalue weighted by molar-refractivity contribution is 5.96. The Morgan fingerprint density at radius 3 is 2.62 bits per heavy atom. The van der Waals surface area contributed by atoms with Crippen LogP contribution in [0.1, 0.15) is 54.2 Å². The number of ketones is 1. The van der Waals surface area contributed by atoms with Crippen LogP contribution >= 0.6 is 0 Å². The lowest BCUT2D eigenvalue weighted by Crippen LogP contribution is -2.50. The smallest absolute Gasteiger partial charge is 0.222 e. The van der Waals surface area contributed by atoms with Crippen molar-refractivity contribution >= 4 is 17.6 Å². The van der Waals surface area contributed by atoms with E-state index in [4.69, 9.17) is 0 Å². The Bertz CT molecular complexity index is 889. The largest absolute Gasteiger partial charge is 0.338 e. The highest BCUT2D eigenvalue weighted by Gasteiger charge is 2.32. The summed E-state index contributed by atoms with van der Waals surface area (Å²) >= 11 is 0. The van der Waals surface area contributed by atoms with Gasteiger partial charge in [-0.3, -0.25) is 14.4 Å². The van der Waals surface area contributed by atoms with Gasteiger partial charge >= 0.3 is 0 Å². The van der Waals surface area contributed by atoms with Gasteiger partial charge in [-0.1, -0.05) is 35.5 Å². The molecule has 0 radical (unpaired) electrons. The number of carbonyl (C=O) groups excluding carboxylic acids is 3. The maximum absolute atomic E-state index is 12.3. The molecule has 29 heavy (non-hydrogen) atoms. The number of hydrogen-bond donors (Lipinski definition) is 0. The first-order chi connectivity index (χ1) is 14.1. The number of amides is 2. The quantitative estimate of drug-likeness (QED) is 0.637. The maximum atomic E-state index is 12.3. The summed E-state index contributed by atoms with van der Waals surface area (Å²) in [4.78, 5) is 39.7. The number of Topliss-reactive ketones (excluding diaryl/α,β-unsaturated/α-hetero) is 1. The van der Waals surface area contributed by atoms with Crippen molar-refractivity contribution in [3.63, 3.8) is 0 Å². The highest BCUT2D eigenvalue weighted by atomic mass is 16.2. The van der Waals surface area contributed by atoms with Crippen LogP contribution in [0.2, 0.25) is 0 Å². The van der Waals surface area contributed by atoms with Gasteiger partial charge in [-0.05, 0) is 12.8 Å². The van der Waals surface area contributed by atoms with Crippen molar-refractivity contribution in [3.8, 4) is 0 Å². The Kier molecular flexibility index (Phi) is 5.69. The molecule has 1 aromatic heterocycles. The van der Waals surface area contributed by atoms with Crippen LogP contribution in [0.5, 0.6) is 0 Å². The fraction of sp³-hybridized carbons (Fsp3) is 0.476. The molecule has 2 aliphatic heterocycles. The van der Waals surface area contributed by atoms with Crippen molar-refractivity contribution in [2.45, 2.75) is 44.7 Å². The number of likely N-dealkylation sites (tertiary alicyclic amines) is 2. The summed E-state index contributed by atoms with van der Waals surface area (Å²) in [7, 11) is 0. The van der Waals surface area contributed by atoms with Gasteiger partial charge < -0.3 is 9.80 Å². The van der Waals surface area contributed by atoms with E-state index in [0.29, 0.717) is 50.9 Å². The van der Waals surface area contributed by atoms with Gasteiger partial charge in [-0.15, -0.1) is 5.10 Å². The van der Waals surface area contributed by atoms with Crippen LogP contribution in [0.4, 0.5) is 0 Å². The SMILES string of the molecule is O=C(CCCC(=O)N1CC(n2cc(CN3CCCC3=O)nn2)C1)c1ccccc1. The fourth-order valence-corrected chi connectivity index (χ4v) is 3.78.